The molecule has 2 atom stereocenters. The average Bonchev–Trinajstić information content (AvgIpc) is 3.38. The van der Waals surface area contributed by atoms with E-state index < -0.39 is 17.9 Å². The molecule has 2 amide bonds. The Morgan fingerprint density at radius 3 is 2.89 bits per heavy atom. The summed E-state index contributed by atoms with van der Waals surface area (Å²) in [5, 5.41) is 5.53. The van der Waals surface area contributed by atoms with Crippen LogP contribution in [0.15, 0.2) is 22.7 Å². The van der Waals surface area contributed by atoms with Crippen LogP contribution < -0.4 is 15.4 Å². The Morgan fingerprint density at radius 2 is 2.14 bits per heavy atom. The SMILES string of the molecule is CCCCCCOc1ccc(Br)cc1C(=O)NC(=S)N1CCNC(=O)C1CC(=O)OCC1CCCO1. The zero-order valence-corrected chi connectivity index (χ0v) is 23.0. The van der Waals surface area contributed by atoms with E-state index in [2.05, 4.69) is 33.5 Å². The highest BCUT2D eigenvalue weighted by Crippen LogP contribution is 2.24. The van der Waals surface area contributed by atoms with Gasteiger partial charge in [-0.05, 0) is 49.7 Å². The number of nitrogens with one attached hydrogen (secondary N) is 2. The van der Waals surface area contributed by atoms with E-state index >= 15 is 0 Å². The quantitative estimate of drug-likeness (QED) is 0.232. The summed E-state index contributed by atoms with van der Waals surface area (Å²) in [5.74, 6) is -0.848. The molecule has 2 heterocycles. The number of unbranched alkanes of at least 4 members (excludes halogenated alkanes) is 3. The Bertz CT molecular complexity index is 940. The topological polar surface area (TPSA) is 106 Å². The van der Waals surface area contributed by atoms with E-state index in [9.17, 15) is 14.4 Å². The molecule has 11 heteroatoms. The molecule has 0 spiro atoms. The monoisotopic (exact) mass is 583 g/mol. The summed E-state index contributed by atoms with van der Waals surface area (Å²) in [6, 6.07) is 4.34. The predicted octanol–water partition coefficient (Wildman–Crippen LogP) is 3.34. The smallest absolute Gasteiger partial charge is 0.308 e. The summed E-state index contributed by atoms with van der Waals surface area (Å²) in [5.41, 5.74) is 0.330. The second-order valence-corrected chi connectivity index (χ2v) is 10.1. The van der Waals surface area contributed by atoms with Gasteiger partial charge in [0.25, 0.3) is 5.91 Å². The third-order valence-corrected chi connectivity index (χ3v) is 6.90. The number of hydrogen-bond acceptors (Lipinski definition) is 7. The molecule has 2 fully saturated rings. The van der Waals surface area contributed by atoms with Crippen molar-refractivity contribution in [1.82, 2.24) is 15.5 Å². The van der Waals surface area contributed by atoms with Crippen LogP contribution in [-0.2, 0) is 19.1 Å². The van der Waals surface area contributed by atoms with Crippen molar-refractivity contribution >= 4 is 51.0 Å². The molecular weight excluding hydrogens is 550 g/mol. The van der Waals surface area contributed by atoms with Gasteiger partial charge in [0.1, 0.15) is 18.4 Å². The van der Waals surface area contributed by atoms with Gasteiger partial charge in [0.2, 0.25) is 5.91 Å². The normalized spacial score (nSPS) is 19.5. The highest BCUT2D eigenvalue weighted by molar-refractivity contribution is 9.10. The standard InChI is InChI=1S/C25H34BrN3O6S/c1-2-3-4-5-12-34-21-9-8-17(26)14-19(21)23(31)28-25(36)29-11-10-27-24(32)20(29)15-22(30)35-16-18-7-6-13-33-18/h8-9,14,18,20H,2-7,10-13,15-16H2,1H3,(H,27,32)(H,28,31,36). The van der Waals surface area contributed by atoms with E-state index in [0.29, 0.717) is 37.6 Å². The van der Waals surface area contributed by atoms with E-state index in [1.165, 1.54) is 0 Å². The molecule has 0 radical (unpaired) electrons. The van der Waals surface area contributed by atoms with E-state index in [0.717, 1.165) is 43.0 Å². The van der Waals surface area contributed by atoms with Crippen molar-refractivity contribution in [2.24, 2.45) is 0 Å². The third kappa shape index (κ3) is 8.41. The molecule has 0 aliphatic carbocycles. The van der Waals surface area contributed by atoms with Crippen LogP contribution in [0.3, 0.4) is 0 Å². The fraction of sp³-hybridized carbons (Fsp3) is 0.600. The van der Waals surface area contributed by atoms with E-state index in [4.69, 9.17) is 26.4 Å². The first-order valence-corrected chi connectivity index (χ1v) is 13.7. The minimum absolute atomic E-state index is 0.0700. The van der Waals surface area contributed by atoms with Crippen LogP contribution in [-0.4, -0.2) is 72.9 Å². The number of esters is 1. The molecular formula is C25H34BrN3O6S. The van der Waals surface area contributed by atoms with Crippen LogP contribution in [0.25, 0.3) is 0 Å². The van der Waals surface area contributed by atoms with Crippen molar-refractivity contribution < 1.29 is 28.6 Å². The molecule has 198 valence electrons. The van der Waals surface area contributed by atoms with Crippen molar-refractivity contribution in [2.45, 2.75) is 64.0 Å². The lowest BCUT2D eigenvalue weighted by atomic mass is 10.1. The second-order valence-electron chi connectivity index (χ2n) is 8.83. The number of benzene rings is 1. The molecule has 0 aromatic heterocycles. The van der Waals surface area contributed by atoms with Gasteiger partial charge in [-0.15, -0.1) is 0 Å². The van der Waals surface area contributed by atoms with Crippen molar-refractivity contribution in [1.29, 1.82) is 0 Å². The van der Waals surface area contributed by atoms with Crippen molar-refractivity contribution in [3.8, 4) is 5.75 Å². The second kappa shape index (κ2) is 14.5. The van der Waals surface area contributed by atoms with E-state index in [-0.39, 0.29) is 30.2 Å². The molecule has 36 heavy (non-hydrogen) atoms. The molecule has 0 saturated carbocycles. The van der Waals surface area contributed by atoms with Crippen LogP contribution >= 0.6 is 28.1 Å². The number of carbonyl (C=O) groups excluding carboxylic acids is 3. The lowest BCUT2D eigenvalue weighted by Gasteiger charge is -2.36. The minimum atomic E-state index is -0.875. The minimum Gasteiger partial charge on any atom is -0.493 e. The van der Waals surface area contributed by atoms with Crippen LogP contribution in [0.4, 0.5) is 0 Å². The number of ether oxygens (including phenoxy) is 3. The summed E-state index contributed by atoms with van der Waals surface area (Å²) in [6.45, 7) is 4.19. The average molecular weight is 585 g/mol. The van der Waals surface area contributed by atoms with Gasteiger partial charge in [0, 0.05) is 24.2 Å². The van der Waals surface area contributed by atoms with Gasteiger partial charge in [0.15, 0.2) is 5.11 Å². The molecule has 2 saturated heterocycles. The zero-order valence-electron chi connectivity index (χ0n) is 20.6. The summed E-state index contributed by atoms with van der Waals surface area (Å²) < 4.78 is 17.4. The molecule has 9 nitrogen and oxygen atoms in total. The zero-order chi connectivity index (χ0) is 25.9. The maximum absolute atomic E-state index is 13.1. The molecule has 2 aliphatic heterocycles. The molecule has 2 N–H and O–H groups in total. The van der Waals surface area contributed by atoms with Crippen molar-refractivity contribution in [2.75, 3.05) is 32.9 Å². The highest BCUT2D eigenvalue weighted by atomic mass is 79.9. The fourth-order valence-corrected chi connectivity index (χ4v) is 4.76. The summed E-state index contributed by atoms with van der Waals surface area (Å²) >= 11 is 8.89. The number of amides is 2. The molecule has 1 aromatic carbocycles. The van der Waals surface area contributed by atoms with Crippen molar-refractivity contribution in [3.63, 3.8) is 0 Å². The number of hydrogen-bond donors (Lipinski definition) is 2. The van der Waals surface area contributed by atoms with E-state index in [1.807, 2.05) is 6.07 Å². The van der Waals surface area contributed by atoms with Gasteiger partial charge >= 0.3 is 5.97 Å². The van der Waals surface area contributed by atoms with Crippen LogP contribution in [0.2, 0.25) is 0 Å². The van der Waals surface area contributed by atoms with Gasteiger partial charge in [-0.25, -0.2) is 0 Å². The number of carbonyl (C=O) groups is 3. The summed E-state index contributed by atoms with van der Waals surface area (Å²) in [4.78, 5) is 39.7. The Labute approximate surface area is 225 Å². The van der Waals surface area contributed by atoms with Gasteiger partial charge in [0.05, 0.1) is 24.7 Å². The first kappa shape index (κ1) is 28.3. The number of nitrogens with zero attached hydrogens (tertiary/aromatic N) is 1. The van der Waals surface area contributed by atoms with Crippen molar-refractivity contribution in [3.05, 3.63) is 28.2 Å². The van der Waals surface area contributed by atoms with Crippen LogP contribution in [0, 0.1) is 0 Å². The summed E-state index contributed by atoms with van der Waals surface area (Å²) in [6.07, 6.45) is 5.74. The predicted molar refractivity (Wildman–Crippen MR) is 142 cm³/mol. The Hall–Kier alpha value is -2.24. The Kier molecular flexibility index (Phi) is 11.4. The van der Waals surface area contributed by atoms with Crippen LogP contribution in [0.5, 0.6) is 5.75 Å². The molecule has 1 aromatic rings. The lowest BCUT2D eigenvalue weighted by Crippen LogP contribution is -2.60. The lowest BCUT2D eigenvalue weighted by molar-refractivity contribution is -0.150. The van der Waals surface area contributed by atoms with Gasteiger partial charge < -0.3 is 24.4 Å². The molecule has 2 aliphatic rings. The molecule has 0 bridgehead atoms. The Morgan fingerprint density at radius 1 is 1.31 bits per heavy atom. The first-order chi connectivity index (χ1) is 17.4. The summed E-state index contributed by atoms with van der Waals surface area (Å²) in [7, 11) is 0. The molecule has 3 rings (SSSR count). The maximum Gasteiger partial charge on any atom is 0.308 e. The molecule has 2 unspecified atom stereocenters. The third-order valence-electron chi connectivity index (χ3n) is 6.07. The largest absolute Gasteiger partial charge is 0.493 e. The first-order valence-electron chi connectivity index (χ1n) is 12.5. The van der Waals surface area contributed by atoms with E-state index in [1.54, 1.807) is 17.0 Å². The van der Waals surface area contributed by atoms with Gasteiger partial charge in [-0.1, -0.05) is 42.1 Å². The number of thiocarbonyl (C=S) groups is 1. The van der Waals surface area contributed by atoms with Gasteiger partial charge in [-0.3, -0.25) is 19.7 Å². The number of piperazine rings is 1. The number of halogens is 1. The van der Waals surface area contributed by atoms with Crippen LogP contribution in [0.1, 0.15) is 62.2 Å². The fourth-order valence-electron chi connectivity index (χ4n) is 4.09. The maximum atomic E-state index is 13.1. The Balaban J connectivity index is 1.60. The van der Waals surface area contributed by atoms with Gasteiger partial charge in [-0.2, -0.15) is 0 Å². The highest BCUT2D eigenvalue weighted by Gasteiger charge is 2.34. The number of rotatable bonds is 11.